The molecular formula is C13H17N3O3. The molecule has 19 heavy (non-hydrogen) atoms. The third kappa shape index (κ3) is 2.83. The van der Waals surface area contributed by atoms with E-state index in [1.165, 1.54) is 11.1 Å². The van der Waals surface area contributed by atoms with Crippen molar-refractivity contribution in [3.05, 3.63) is 23.9 Å². The largest absolute Gasteiger partial charge is 0.481 e. The zero-order valence-electron chi connectivity index (χ0n) is 11.0. The summed E-state index contributed by atoms with van der Waals surface area (Å²) in [7, 11) is 3.38. The van der Waals surface area contributed by atoms with Crippen LogP contribution < -0.4 is 4.90 Å². The second-order valence-corrected chi connectivity index (χ2v) is 4.87. The molecule has 1 aromatic rings. The van der Waals surface area contributed by atoms with Crippen molar-refractivity contribution in [3.8, 4) is 0 Å². The van der Waals surface area contributed by atoms with Crippen LogP contribution in [0.4, 0.5) is 5.82 Å². The van der Waals surface area contributed by atoms with Crippen LogP contribution in [-0.2, 0) is 4.79 Å². The highest BCUT2D eigenvalue weighted by Crippen LogP contribution is 2.22. The minimum absolute atomic E-state index is 0.0936. The van der Waals surface area contributed by atoms with Crippen molar-refractivity contribution in [1.29, 1.82) is 0 Å². The molecule has 1 fully saturated rings. The topological polar surface area (TPSA) is 73.7 Å². The number of aliphatic carboxylic acids is 1. The van der Waals surface area contributed by atoms with Gasteiger partial charge in [0.15, 0.2) is 0 Å². The fourth-order valence-electron chi connectivity index (χ4n) is 2.13. The first kappa shape index (κ1) is 13.3. The van der Waals surface area contributed by atoms with Gasteiger partial charge in [-0.3, -0.25) is 9.59 Å². The first-order valence-corrected chi connectivity index (χ1v) is 6.14. The number of carbonyl (C=O) groups is 2. The number of hydrogen-bond acceptors (Lipinski definition) is 4. The lowest BCUT2D eigenvalue weighted by Crippen LogP contribution is -2.24. The number of nitrogens with zero attached hydrogens (tertiary/aromatic N) is 3. The van der Waals surface area contributed by atoms with E-state index in [4.69, 9.17) is 5.11 Å². The van der Waals surface area contributed by atoms with Crippen LogP contribution in [0.15, 0.2) is 18.3 Å². The second-order valence-electron chi connectivity index (χ2n) is 4.87. The molecule has 1 unspecified atom stereocenters. The molecule has 0 aromatic carbocycles. The van der Waals surface area contributed by atoms with Gasteiger partial charge in [-0.15, -0.1) is 0 Å². The third-order valence-corrected chi connectivity index (χ3v) is 3.26. The highest BCUT2D eigenvalue weighted by Gasteiger charge is 2.28. The van der Waals surface area contributed by atoms with Crippen molar-refractivity contribution in [3.63, 3.8) is 0 Å². The SMILES string of the molecule is CN(C)C(=O)c1ccc(N2CCC(C(=O)O)C2)nc1. The maximum atomic E-state index is 11.7. The van der Waals surface area contributed by atoms with Gasteiger partial charge in [-0.2, -0.15) is 0 Å². The van der Waals surface area contributed by atoms with Gasteiger partial charge in [0.2, 0.25) is 0 Å². The molecular weight excluding hydrogens is 246 g/mol. The van der Waals surface area contributed by atoms with Crippen molar-refractivity contribution >= 4 is 17.7 Å². The van der Waals surface area contributed by atoms with Crippen molar-refractivity contribution < 1.29 is 14.7 Å². The summed E-state index contributed by atoms with van der Waals surface area (Å²) in [6.45, 7) is 1.16. The summed E-state index contributed by atoms with van der Waals surface area (Å²) in [5.74, 6) is -0.463. The quantitative estimate of drug-likeness (QED) is 0.868. The smallest absolute Gasteiger partial charge is 0.308 e. The van der Waals surface area contributed by atoms with Crippen LogP contribution >= 0.6 is 0 Å². The Kier molecular flexibility index (Phi) is 3.69. The minimum atomic E-state index is -0.762. The predicted molar refractivity (Wildman–Crippen MR) is 70.2 cm³/mol. The first-order chi connectivity index (χ1) is 8.99. The van der Waals surface area contributed by atoms with Gasteiger partial charge in [-0.05, 0) is 18.6 Å². The van der Waals surface area contributed by atoms with E-state index < -0.39 is 5.97 Å². The molecule has 102 valence electrons. The Morgan fingerprint density at radius 2 is 2.16 bits per heavy atom. The molecule has 1 saturated heterocycles. The fraction of sp³-hybridized carbons (Fsp3) is 0.462. The normalized spacial score (nSPS) is 18.4. The Hall–Kier alpha value is -2.11. The van der Waals surface area contributed by atoms with Crippen LogP contribution in [0.25, 0.3) is 0 Å². The standard InChI is InChI=1S/C13H17N3O3/c1-15(2)12(17)9-3-4-11(14-7-9)16-6-5-10(8-16)13(18)19/h3-4,7,10H,5-6,8H2,1-2H3,(H,18,19). The van der Waals surface area contributed by atoms with Crippen LogP contribution in [0, 0.1) is 5.92 Å². The Labute approximate surface area is 111 Å². The van der Waals surface area contributed by atoms with E-state index in [2.05, 4.69) is 4.98 Å². The molecule has 0 saturated carbocycles. The number of pyridine rings is 1. The Morgan fingerprint density at radius 1 is 1.42 bits per heavy atom. The van der Waals surface area contributed by atoms with Gasteiger partial charge in [0, 0.05) is 33.4 Å². The predicted octanol–water partition coefficient (Wildman–Crippen LogP) is 0.694. The number of rotatable bonds is 3. The lowest BCUT2D eigenvalue weighted by molar-refractivity contribution is -0.140. The summed E-state index contributed by atoms with van der Waals surface area (Å²) in [5.41, 5.74) is 0.530. The summed E-state index contributed by atoms with van der Waals surface area (Å²) in [4.78, 5) is 30.3. The lowest BCUT2D eigenvalue weighted by Gasteiger charge is -2.17. The Bertz CT molecular complexity index is 484. The number of hydrogen-bond donors (Lipinski definition) is 1. The number of amides is 1. The van der Waals surface area contributed by atoms with Crippen LogP contribution in [-0.4, -0.2) is 54.1 Å². The zero-order chi connectivity index (χ0) is 14.0. The average molecular weight is 263 g/mol. The van der Waals surface area contributed by atoms with Crippen molar-refractivity contribution in [1.82, 2.24) is 9.88 Å². The molecule has 1 amide bonds. The lowest BCUT2D eigenvalue weighted by atomic mass is 10.1. The number of carboxylic acid groups (broad SMARTS) is 1. The molecule has 6 nitrogen and oxygen atoms in total. The summed E-state index contributed by atoms with van der Waals surface area (Å²) >= 11 is 0. The van der Waals surface area contributed by atoms with Gasteiger partial charge in [-0.25, -0.2) is 4.98 Å². The minimum Gasteiger partial charge on any atom is -0.481 e. The van der Waals surface area contributed by atoms with Crippen LogP contribution in [0.5, 0.6) is 0 Å². The highest BCUT2D eigenvalue weighted by atomic mass is 16.4. The van der Waals surface area contributed by atoms with E-state index in [-0.39, 0.29) is 11.8 Å². The van der Waals surface area contributed by atoms with Crippen LogP contribution in [0.1, 0.15) is 16.8 Å². The molecule has 1 atom stereocenters. The second kappa shape index (κ2) is 5.26. The maximum Gasteiger partial charge on any atom is 0.308 e. The van der Waals surface area contributed by atoms with Crippen molar-refractivity contribution in [2.45, 2.75) is 6.42 Å². The molecule has 1 aliphatic rings. The third-order valence-electron chi connectivity index (χ3n) is 3.26. The number of aromatic nitrogens is 1. The Morgan fingerprint density at radius 3 is 2.63 bits per heavy atom. The molecule has 0 radical (unpaired) electrons. The van der Waals surface area contributed by atoms with Gasteiger partial charge in [0.05, 0.1) is 11.5 Å². The van der Waals surface area contributed by atoms with E-state index in [0.717, 1.165) is 5.82 Å². The van der Waals surface area contributed by atoms with E-state index in [0.29, 0.717) is 25.1 Å². The highest BCUT2D eigenvalue weighted by molar-refractivity contribution is 5.93. The van der Waals surface area contributed by atoms with Gasteiger partial charge in [0.25, 0.3) is 5.91 Å². The average Bonchev–Trinajstić information content (AvgIpc) is 2.87. The van der Waals surface area contributed by atoms with Gasteiger partial charge in [0.1, 0.15) is 5.82 Å². The van der Waals surface area contributed by atoms with E-state index in [1.54, 1.807) is 26.2 Å². The first-order valence-electron chi connectivity index (χ1n) is 6.14. The summed E-state index contributed by atoms with van der Waals surface area (Å²) in [6, 6.07) is 3.49. The van der Waals surface area contributed by atoms with Crippen molar-refractivity contribution in [2.24, 2.45) is 5.92 Å². The van der Waals surface area contributed by atoms with Gasteiger partial charge >= 0.3 is 5.97 Å². The van der Waals surface area contributed by atoms with E-state index in [9.17, 15) is 9.59 Å². The number of carboxylic acids is 1. The summed E-state index contributed by atoms with van der Waals surface area (Å²) in [6.07, 6.45) is 2.17. The molecule has 2 rings (SSSR count). The molecule has 1 N–H and O–H groups in total. The molecule has 0 spiro atoms. The van der Waals surface area contributed by atoms with Crippen LogP contribution in [0.2, 0.25) is 0 Å². The Balaban J connectivity index is 2.07. The molecule has 2 heterocycles. The van der Waals surface area contributed by atoms with E-state index >= 15 is 0 Å². The zero-order valence-corrected chi connectivity index (χ0v) is 11.0. The monoisotopic (exact) mass is 263 g/mol. The van der Waals surface area contributed by atoms with Gasteiger partial charge in [-0.1, -0.05) is 0 Å². The fourth-order valence-corrected chi connectivity index (χ4v) is 2.13. The maximum absolute atomic E-state index is 11.7. The van der Waals surface area contributed by atoms with E-state index in [1.807, 2.05) is 4.90 Å². The van der Waals surface area contributed by atoms with Crippen LogP contribution in [0.3, 0.4) is 0 Å². The summed E-state index contributed by atoms with van der Waals surface area (Å²) < 4.78 is 0. The number of carbonyl (C=O) groups excluding carboxylic acids is 1. The van der Waals surface area contributed by atoms with Crippen molar-refractivity contribution in [2.75, 3.05) is 32.1 Å². The molecule has 6 heteroatoms. The molecule has 1 aromatic heterocycles. The molecule has 1 aliphatic heterocycles. The summed E-state index contributed by atoms with van der Waals surface area (Å²) in [5, 5.41) is 8.96. The molecule has 0 aliphatic carbocycles. The molecule has 0 bridgehead atoms. The van der Waals surface area contributed by atoms with Gasteiger partial charge < -0.3 is 14.9 Å². The number of anilines is 1.